The highest BCUT2D eigenvalue weighted by Crippen LogP contribution is 2.19. The number of nitrogens with one attached hydrogen (secondary N) is 1. The van der Waals surface area contributed by atoms with E-state index >= 15 is 0 Å². The molecule has 0 aromatic rings. The Bertz CT molecular complexity index is 153. The number of ether oxygens (including phenoxy) is 1. The maximum absolute atomic E-state index is 5.80. The van der Waals surface area contributed by atoms with Crippen molar-refractivity contribution in [3.05, 3.63) is 0 Å². The first-order valence-electron chi connectivity index (χ1n) is 6.59. The van der Waals surface area contributed by atoms with E-state index in [-0.39, 0.29) is 0 Å². The Morgan fingerprint density at radius 1 is 1.33 bits per heavy atom. The molecule has 2 nitrogen and oxygen atoms in total. The van der Waals surface area contributed by atoms with E-state index in [1.807, 2.05) is 0 Å². The summed E-state index contributed by atoms with van der Waals surface area (Å²) in [5.74, 6) is 0.710. The third-order valence-corrected chi connectivity index (χ3v) is 3.25. The van der Waals surface area contributed by atoms with Crippen LogP contribution in [0.25, 0.3) is 0 Å². The molecule has 0 aromatic carbocycles. The van der Waals surface area contributed by atoms with Gasteiger partial charge in [0.25, 0.3) is 0 Å². The van der Waals surface area contributed by atoms with Crippen molar-refractivity contribution in [3.8, 4) is 0 Å². The molecule has 0 bridgehead atoms. The van der Waals surface area contributed by atoms with Gasteiger partial charge in [0, 0.05) is 12.6 Å². The molecule has 2 unspecified atom stereocenters. The average Bonchev–Trinajstić information content (AvgIpc) is 2.25. The molecule has 0 radical (unpaired) electrons. The lowest BCUT2D eigenvalue weighted by atomic mass is 9.94. The van der Waals surface area contributed by atoms with Crippen LogP contribution >= 0.6 is 0 Å². The average molecular weight is 213 g/mol. The maximum atomic E-state index is 5.80. The first kappa shape index (κ1) is 13.0. The summed E-state index contributed by atoms with van der Waals surface area (Å²) in [4.78, 5) is 0. The molecule has 0 saturated carbocycles. The van der Waals surface area contributed by atoms with Gasteiger partial charge < -0.3 is 10.1 Å². The number of rotatable bonds is 6. The summed E-state index contributed by atoms with van der Waals surface area (Å²) in [6.07, 6.45) is 6.79. The van der Waals surface area contributed by atoms with Crippen LogP contribution in [0.3, 0.4) is 0 Å². The van der Waals surface area contributed by atoms with Crippen LogP contribution in [0.15, 0.2) is 0 Å². The minimum absolute atomic E-state index is 0.510. The standard InChI is InChI=1S/C13H27NO/c1-4-8-14-13(11(2)3)10-12-7-5-6-9-15-12/h11-14H,4-10H2,1-3H3. The van der Waals surface area contributed by atoms with Crippen molar-refractivity contribution in [3.63, 3.8) is 0 Å². The summed E-state index contributed by atoms with van der Waals surface area (Å²) in [5, 5.41) is 3.64. The Morgan fingerprint density at radius 3 is 2.67 bits per heavy atom. The topological polar surface area (TPSA) is 21.3 Å². The van der Waals surface area contributed by atoms with Gasteiger partial charge in [-0.1, -0.05) is 20.8 Å². The molecule has 1 N–H and O–H groups in total. The summed E-state index contributed by atoms with van der Waals surface area (Å²) in [7, 11) is 0. The SMILES string of the molecule is CCCNC(CC1CCCCO1)C(C)C. The fourth-order valence-electron chi connectivity index (χ4n) is 2.20. The zero-order valence-corrected chi connectivity index (χ0v) is 10.6. The Balaban J connectivity index is 2.28. The molecule has 0 aromatic heterocycles. The van der Waals surface area contributed by atoms with Crippen molar-refractivity contribution in [2.45, 2.75) is 65.0 Å². The minimum Gasteiger partial charge on any atom is -0.378 e. The minimum atomic E-state index is 0.510. The summed E-state index contributed by atoms with van der Waals surface area (Å²) >= 11 is 0. The zero-order chi connectivity index (χ0) is 11.1. The fraction of sp³-hybridized carbons (Fsp3) is 1.00. The molecule has 0 amide bonds. The largest absolute Gasteiger partial charge is 0.378 e. The van der Waals surface area contributed by atoms with Crippen LogP contribution in [0.1, 0.15) is 52.9 Å². The van der Waals surface area contributed by atoms with Gasteiger partial charge in [0.2, 0.25) is 0 Å². The van der Waals surface area contributed by atoms with E-state index in [1.165, 1.54) is 32.1 Å². The quantitative estimate of drug-likeness (QED) is 0.732. The molecule has 2 heteroatoms. The number of hydrogen-bond donors (Lipinski definition) is 1. The summed E-state index contributed by atoms with van der Waals surface area (Å²) in [6, 6.07) is 0.632. The van der Waals surface area contributed by atoms with Crippen LogP contribution in [-0.2, 0) is 4.74 Å². The highest BCUT2D eigenvalue weighted by Gasteiger charge is 2.20. The van der Waals surface area contributed by atoms with Crippen LogP contribution in [-0.4, -0.2) is 25.3 Å². The first-order valence-corrected chi connectivity index (χ1v) is 6.59. The van der Waals surface area contributed by atoms with Gasteiger partial charge in [-0.3, -0.25) is 0 Å². The molecule has 1 aliphatic heterocycles. The van der Waals surface area contributed by atoms with Gasteiger partial charge >= 0.3 is 0 Å². The van der Waals surface area contributed by atoms with Gasteiger partial charge in [-0.05, 0) is 44.6 Å². The molecule has 90 valence electrons. The molecule has 1 aliphatic rings. The molecule has 1 heterocycles. The predicted molar refractivity (Wildman–Crippen MR) is 65.1 cm³/mol. The van der Waals surface area contributed by atoms with E-state index in [9.17, 15) is 0 Å². The molecule has 0 spiro atoms. The predicted octanol–water partition coefficient (Wildman–Crippen LogP) is 2.97. The van der Waals surface area contributed by atoms with E-state index < -0.39 is 0 Å². The molecule has 1 fully saturated rings. The second-order valence-corrected chi connectivity index (χ2v) is 5.03. The highest BCUT2D eigenvalue weighted by atomic mass is 16.5. The normalized spacial score (nSPS) is 24.4. The Morgan fingerprint density at radius 2 is 2.13 bits per heavy atom. The maximum Gasteiger partial charge on any atom is 0.0590 e. The molecule has 15 heavy (non-hydrogen) atoms. The zero-order valence-electron chi connectivity index (χ0n) is 10.6. The van der Waals surface area contributed by atoms with E-state index in [2.05, 4.69) is 26.1 Å². The molecule has 2 atom stereocenters. The second-order valence-electron chi connectivity index (χ2n) is 5.03. The van der Waals surface area contributed by atoms with Crippen LogP contribution < -0.4 is 5.32 Å². The van der Waals surface area contributed by atoms with Crippen LogP contribution in [0.5, 0.6) is 0 Å². The third-order valence-electron chi connectivity index (χ3n) is 3.25. The third kappa shape index (κ3) is 4.98. The smallest absolute Gasteiger partial charge is 0.0590 e. The van der Waals surface area contributed by atoms with Gasteiger partial charge in [0.1, 0.15) is 0 Å². The molecule has 1 saturated heterocycles. The molecular formula is C13H27NO. The molecule has 0 aliphatic carbocycles. The fourth-order valence-corrected chi connectivity index (χ4v) is 2.20. The second kappa shape index (κ2) is 7.24. The molecular weight excluding hydrogens is 186 g/mol. The van der Waals surface area contributed by atoms with Crippen molar-refractivity contribution in [1.82, 2.24) is 5.32 Å². The van der Waals surface area contributed by atoms with Gasteiger partial charge in [-0.15, -0.1) is 0 Å². The molecule has 1 rings (SSSR count). The monoisotopic (exact) mass is 213 g/mol. The summed E-state index contributed by atoms with van der Waals surface area (Å²) < 4.78 is 5.80. The highest BCUT2D eigenvalue weighted by molar-refractivity contribution is 4.76. The van der Waals surface area contributed by atoms with E-state index in [1.54, 1.807) is 0 Å². The van der Waals surface area contributed by atoms with Crippen molar-refractivity contribution in [2.24, 2.45) is 5.92 Å². The Labute approximate surface area is 94.8 Å². The summed E-state index contributed by atoms with van der Waals surface area (Å²) in [5.41, 5.74) is 0. The summed E-state index contributed by atoms with van der Waals surface area (Å²) in [6.45, 7) is 8.94. The van der Waals surface area contributed by atoms with Crippen molar-refractivity contribution in [2.75, 3.05) is 13.2 Å². The van der Waals surface area contributed by atoms with Crippen LogP contribution in [0.2, 0.25) is 0 Å². The van der Waals surface area contributed by atoms with E-state index in [0.717, 1.165) is 13.2 Å². The van der Waals surface area contributed by atoms with Crippen LogP contribution in [0.4, 0.5) is 0 Å². The van der Waals surface area contributed by atoms with Gasteiger partial charge in [0.05, 0.1) is 6.10 Å². The van der Waals surface area contributed by atoms with Crippen molar-refractivity contribution < 1.29 is 4.74 Å². The lowest BCUT2D eigenvalue weighted by Crippen LogP contribution is -2.38. The Kier molecular flexibility index (Phi) is 6.26. The first-order chi connectivity index (χ1) is 7.24. The van der Waals surface area contributed by atoms with Crippen molar-refractivity contribution >= 4 is 0 Å². The van der Waals surface area contributed by atoms with E-state index in [0.29, 0.717) is 18.1 Å². The lowest BCUT2D eigenvalue weighted by molar-refractivity contribution is 0.00222. The van der Waals surface area contributed by atoms with Crippen LogP contribution in [0, 0.1) is 5.92 Å². The number of hydrogen-bond acceptors (Lipinski definition) is 2. The van der Waals surface area contributed by atoms with Crippen molar-refractivity contribution in [1.29, 1.82) is 0 Å². The van der Waals surface area contributed by atoms with Gasteiger partial charge in [0.15, 0.2) is 0 Å². The van der Waals surface area contributed by atoms with Gasteiger partial charge in [-0.2, -0.15) is 0 Å². The lowest BCUT2D eigenvalue weighted by Gasteiger charge is -2.29. The van der Waals surface area contributed by atoms with Gasteiger partial charge in [-0.25, -0.2) is 0 Å². The van der Waals surface area contributed by atoms with E-state index in [4.69, 9.17) is 4.74 Å². The Hall–Kier alpha value is -0.0800.